The average Bonchev–Trinajstić information content (AvgIpc) is 2.96. The van der Waals surface area contributed by atoms with Gasteiger partial charge in [0.2, 0.25) is 0 Å². The van der Waals surface area contributed by atoms with Gasteiger partial charge in [0.15, 0.2) is 5.78 Å². The molecule has 0 N–H and O–H groups in total. The van der Waals surface area contributed by atoms with Gasteiger partial charge in [-0.1, -0.05) is 101 Å². The summed E-state index contributed by atoms with van der Waals surface area (Å²) in [6.45, 7) is 2.94. The van der Waals surface area contributed by atoms with Gasteiger partial charge < -0.3 is 9.47 Å². The molecule has 0 heterocycles. The highest BCUT2D eigenvalue weighted by Crippen LogP contribution is 2.18. The third kappa shape index (κ3) is 10.8. The van der Waals surface area contributed by atoms with Gasteiger partial charge in [-0.15, -0.1) is 0 Å². The molecule has 0 unspecified atom stereocenters. The third-order valence-corrected chi connectivity index (χ3v) is 6.43. The Morgan fingerprint density at radius 1 is 0.632 bits per heavy atom. The topological polar surface area (TPSA) is 52.6 Å². The van der Waals surface area contributed by atoms with Gasteiger partial charge in [-0.05, 0) is 66.6 Å². The fourth-order valence-electron chi connectivity index (χ4n) is 4.15. The molecule has 3 rings (SSSR count). The van der Waals surface area contributed by atoms with E-state index in [9.17, 15) is 9.59 Å². The van der Waals surface area contributed by atoms with Crippen molar-refractivity contribution < 1.29 is 19.1 Å². The molecule has 4 nitrogen and oxygen atoms in total. The average molecular weight is 513 g/mol. The maximum atomic E-state index is 12.5. The number of hydrogen-bond donors (Lipinski definition) is 0. The summed E-state index contributed by atoms with van der Waals surface area (Å²) < 4.78 is 11.3. The van der Waals surface area contributed by atoms with E-state index in [-0.39, 0.29) is 5.78 Å². The first-order chi connectivity index (χ1) is 18.7. The van der Waals surface area contributed by atoms with Crippen LogP contribution in [0.1, 0.15) is 97.4 Å². The lowest BCUT2D eigenvalue weighted by Gasteiger charge is -2.08. The summed E-state index contributed by atoms with van der Waals surface area (Å²) in [6, 6.07) is 23.2. The highest BCUT2D eigenvalue weighted by molar-refractivity contribution is 6.06. The minimum Gasteiger partial charge on any atom is -0.494 e. The molecule has 0 saturated heterocycles. The van der Waals surface area contributed by atoms with Crippen LogP contribution in [0.4, 0.5) is 0 Å². The Bertz CT molecular complexity index is 1120. The fraction of sp³-hybridized carbons (Fsp3) is 0.353. The summed E-state index contributed by atoms with van der Waals surface area (Å²) in [7, 11) is 0. The third-order valence-electron chi connectivity index (χ3n) is 6.43. The number of carbonyl (C=O) groups excluding carboxylic acids is 2. The van der Waals surface area contributed by atoms with Gasteiger partial charge >= 0.3 is 5.97 Å². The van der Waals surface area contributed by atoms with E-state index in [1.54, 1.807) is 54.6 Å². The molecule has 200 valence electrons. The lowest BCUT2D eigenvalue weighted by molar-refractivity contribution is 0.0734. The second-order valence-corrected chi connectivity index (χ2v) is 9.58. The van der Waals surface area contributed by atoms with Gasteiger partial charge in [0.05, 0.1) is 12.2 Å². The van der Waals surface area contributed by atoms with E-state index < -0.39 is 5.97 Å². The zero-order valence-electron chi connectivity index (χ0n) is 22.6. The van der Waals surface area contributed by atoms with E-state index in [0.717, 1.165) is 17.7 Å². The largest absolute Gasteiger partial charge is 0.494 e. The van der Waals surface area contributed by atoms with E-state index in [1.165, 1.54) is 63.9 Å². The van der Waals surface area contributed by atoms with Crippen LogP contribution in [0.5, 0.6) is 11.5 Å². The maximum absolute atomic E-state index is 12.5. The molecular weight excluding hydrogens is 472 g/mol. The Morgan fingerprint density at radius 2 is 1.18 bits per heavy atom. The molecule has 0 radical (unpaired) electrons. The van der Waals surface area contributed by atoms with E-state index in [4.69, 9.17) is 9.47 Å². The van der Waals surface area contributed by atoms with Crippen molar-refractivity contribution in [3.8, 4) is 11.5 Å². The van der Waals surface area contributed by atoms with Crippen molar-refractivity contribution in [1.29, 1.82) is 0 Å². The van der Waals surface area contributed by atoms with Crippen LogP contribution in [0.2, 0.25) is 0 Å². The minimum atomic E-state index is -0.450. The standard InChI is InChI=1S/C34H40O4/c1-2-3-4-5-6-7-8-9-10-14-27-37-31-22-20-30(21-23-31)34(36)38-32-24-18-29(19-25-32)33(35)26-17-28-15-12-11-13-16-28/h11-13,15-26H,2-10,14,27H2,1H3/b26-17+. The van der Waals surface area contributed by atoms with E-state index >= 15 is 0 Å². The summed E-state index contributed by atoms with van der Waals surface area (Å²) in [5.74, 6) is 0.582. The van der Waals surface area contributed by atoms with E-state index in [0.29, 0.717) is 23.5 Å². The summed E-state index contributed by atoms with van der Waals surface area (Å²) in [5.41, 5.74) is 1.93. The van der Waals surface area contributed by atoms with Crippen molar-refractivity contribution in [2.24, 2.45) is 0 Å². The first kappa shape index (κ1) is 28.9. The minimum absolute atomic E-state index is 0.111. The number of allylic oxidation sites excluding steroid dienone is 1. The van der Waals surface area contributed by atoms with Crippen LogP contribution in [-0.2, 0) is 0 Å². The number of benzene rings is 3. The summed E-state index contributed by atoms with van der Waals surface area (Å²) >= 11 is 0. The van der Waals surface area contributed by atoms with Crippen LogP contribution in [0, 0.1) is 0 Å². The molecule has 3 aromatic rings. The van der Waals surface area contributed by atoms with Gasteiger partial charge in [0, 0.05) is 5.56 Å². The van der Waals surface area contributed by atoms with Crippen LogP contribution in [-0.4, -0.2) is 18.4 Å². The zero-order chi connectivity index (χ0) is 26.8. The highest BCUT2D eigenvalue weighted by Gasteiger charge is 2.10. The number of rotatable bonds is 17. The molecule has 0 saturated carbocycles. The lowest BCUT2D eigenvalue weighted by Crippen LogP contribution is -2.08. The highest BCUT2D eigenvalue weighted by atomic mass is 16.5. The van der Waals surface area contributed by atoms with Crippen LogP contribution < -0.4 is 9.47 Å². The SMILES string of the molecule is CCCCCCCCCCCCOc1ccc(C(=O)Oc2ccc(C(=O)/C=C/c3ccccc3)cc2)cc1. The summed E-state index contributed by atoms with van der Waals surface area (Å²) in [6.07, 6.45) is 16.3. The number of ether oxygens (including phenoxy) is 2. The van der Waals surface area contributed by atoms with Crippen LogP contribution in [0.15, 0.2) is 84.9 Å². The molecule has 0 amide bonds. The Balaban J connectivity index is 1.34. The van der Waals surface area contributed by atoms with E-state index in [2.05, 4.69) is 6.92 Å². The number of hydrogen-bond acceptors (Lipinski definition) is 4. The van der Waals surface area contributed by atoms with Crippen LogP contribution in [0.3, 0.4) is 0 Å². The van der Waals surface area contributed by atoms with Crippen molar-refractivity contribution in [1.82, 2.24) is 0 Å². The van der Waals surface area contributed by atoms with Crippen molar-refractivity contribution in [2.75, 3.05) is 6.61 Å². The van der Waals surface area contributed by atoms with Gasteiger partial charge in [-0.3, -0.25) is 4.79 Å². The lowest BCUT2D eigenvalue weighted by atomic mass is 10.1. The number of unbranched alkanes of at least 4 members (excludes halogenated alkanes) is 9. The van der Waals surface area contributed by atoms with Crippen molar-refractivity contribution in [3.05, 3.63) is 102 Å². The maximum Gasteiger partial charge on any atom is 0.343 e. The molecule has 38 heavy (non-hydrogen) atoms. The molecular formula is C34H40O4. The van der Waals surface area contributed by atoms with Gasteiger partial charge in [-0.2, -0.15) is 0 Å². The van der Waals surface area contributed by atoms with Gasteiger partial charge in [-0.25, -0.2) is 4.79 Å². The molecule has 0 atom stereocenters. The molecule has 0 aromatic heterocycles. The monoisotopic (exact) mass is 512 g/mol. The second-order valence-electron chi connectivity index (χ2n) is 9.58. The Kier molecular flexibility index (Phi) is 12.9. The summed E-state index contributed by atoms with van der Waals surface area (Å²) in [5, 5.41) is 0. The number of esters is 1. The molecule has 0 aliphatic rings. The van der Waals surface area contributed by atoms with E-state index in [1.807, 2.05) is 30.3 Å². The Morgan fingerprint density at radius 3 is 1.82 bits per heavy atom. The molecule has 4 heteroatoms. The van der Waals surface area contributed by atoms with Crippen molar-refractivity contribution in [2.45, 2.75) is 71.1 Å². The van der Waals surface area contributed by atoms with Crippen LogP contribution in [0.25, 0.3) is 6.08 Å². The molecule has 0 fully saturated rings. The zero-order valence-corrected chi connectivity index (χ0v) is 22.6. The first-order valence-electron chi connectivity index (χ1n) is 14.0. The molecule has 0 bridgehead atoms. The van der Waals surface area contributed by atoms with Gasteiger partial charge in [0.1, 0.15) is 11.5 Å². The fourth-order valence-corrected chi connectivity index (χ4v) is 4.15. The van der Waals surface area contributed by atoms with Crippen molar-refractivity contribution in [3.63, 3.8) is 0 Å². The summed E-state index contributed by atoms with van der Waals surface area (Å²) in [4.78, 5) is 24.9. The predicted molar refractivity (Wildman–Crippen MR) is 155 cm³/mol. The van der Waals surface area contributed by atoms with Gasteiger partial charge in [0.25, 0.3) is 0 Å². The Hall–Kier alpha value is -3.66. The number of carbonyl (C=O) groups is 2. The van der Waals surface area contributed by atoms with Crippen molar-refractivity contribution >= 4 is 17.8 Å². The second kappa shape index (κ2) is 17.0. The molecule has 0 spiro atoms. The first-order valence-corrected chi connectivity index (χ1v) is 14.0. The Labute approximate surface area is 227 Å². The normalized spacial score (nSPS) is 11.0. The quantitative estimate of drug-likeness (QED) is 0.0595. The predicted octanol–water partition coefficient (Wildman–Crippen LogP) is 9.10. The number of ketones is 1. The molecule has 0 aliphatic carbocycles. The smallest absolute Gasteiger partial charge is 0.343 e. The molecule has 0 aliphatic heterocycles. The van der Waals surface area contributed by atoms with Crippen LogP contribution >= 0.6 is 0 Å². The molecule has 3 aromatic carbocycles.